The van der Waals surface area contributed by atoms with Crippen molar-refractivity contribution >= 4 is 15.8 Å². The third kappa shape index (κ3) is 3.19. The van der Waals surface area contributed by atoms with E-state index in [0.717, 1.165) is 6.20 Å². The summed E-state index contributed by atoms with van der Waals surface area (Å²) in [7, 11) is -3.63. The number of nitrogens with two attached hydrogens (primary N) is 1. The van der Waals surface area contributed by atoms with E-state index in [0.29, 0.717) is 12.8 Å². The van der Waals surface area contributed by atoms with Crippen molar-refractivity contribution < 1.29 is 13.5 Å². The number of anilines is 1. The molecule has 1 rings (SSSR count). The molecule has 1 heterocycles. The normalized spacial score (nSPS) is 13.9. The minimum absolute atomic E-state index is 0.00328. The van der Waals surface area contributed by atoms with E-state index in [4.69, 9.17) is 5.73 Å². The Morgan fingerprint density at radius 2 is 2.38 bits per heavy atom. The summed E-state index contributed by atoms with van der Waals surface area (Å²) in [6.45, 7) is 2.00. The van der Waals surface area contributed by atoms with Crippen molar-refractivity contribution in [3.63, 3.8) is 0 Å². The maximum Gasteiger partial charge on any atom is 0.245 e. The highest BCUT2D eigenvalue weighted by atomic mass is 32.2. The Balaban J connectivity index is 2.57. The SMILES string of the molecule is CCC(O)CCNS(=O)(=O)c1cn[nH]c1N. The van der Waals surface area contributed by atoms with Gasteiger partial charge in [-0.05, 0) is 12.8 Å². The van der Waals surface area contributed by atoms with E-state index < -0.39 is 16.1 Å². The number of aromatic amines is 1. The summed E-state index contributed by atoms with van der Waals surface area (Å²) in [5, 5.41) is 15.1. The molecule has 0 amide bonds. The van der Waals surface area contributed by atoms with Gasteiger partial charge in [-0.3, -0.25) is 5.10 Å². The third-order valence-electron chi connectivity index (χ3n) is 2.16. The molecule has 5 N–H and O–H groups in total. The van der Waals surface area contributed by atoms with Gasteiger partial charge < -0.3 is 10.8 Å². The van der Waals surface area contributed by atoms with Crippen LogP contribution in [-0.4, -0.2) is 36.4 Å². The number of nitrogens with one attached hydrogen (secondary N) is 2. The fraction of sp³-hybridized carbons (Fsp3) is 0.625. The highest BCUT2D eigenvalue weighted by molar-refractivity contribution is 7.89. The lowest BCUT2D eigenvalue weighted by Crippen LogP contribution is -2.27. The lowest BCUT2D eigenvalue weighted by Gasteiger charge is -2.08. The van der Waals surface area contributed by atoms with Crippen molar-refractivity contribution in [1.29, 1.82) is 0 Å². The number of nitrogen functional groups attached to an aromatic ring is 1. The lowest BCUT2D eigenvalue weighted by molar-refractivity contribution is 0.162. The van der Waals surface area contributed by atoms with Crippen molar-refractivity contribution in [3.05, 3.63) is 6.20 Å². The standard InChI is InChI=1S/C8H16N4O3S/c1-2-6(13)3-4-11-16(14,15)7-5-10-12-8(7)9/h5-6,11,13H,2-4H2,1H3,(H3,9,10,12). The number of H-pyrrole nitrogens is 1. The average Bonchev–Trinajstić information content (AvgIpc) is 2.64. The smallest absolute Gasteiger partial charge is 0.245 e. The summed E-state index contributed by atoms with van der Waals surface area (Å²) >= 11 is 0. The number of nitrogens with zero attached hydrogens (tertiary/aromatic N) is 1. The van der Waals surface area contributed by atoms with Crippen LogP contribution in [0.4, 0.5) is 5.82 Å². The van der Waals surface area contributed by atoms with Gasteiger partial charge in [0.05, 0.1) is 12.3 Å². The van der Waals surface area contributed by atoms with Gasteiger partial charge in [0.15, 0.2) is 0 Å². The second-order valence-electron chi connectivity index (χ2n) is 3.40. The average molecular weight is 248 g/mol. The second-order valence-corrected chi connectivity index (χ2v) is 5.13. The molecule has 92 valence electrons. The van der Waals surface area contributed by atoms with Crippen molar-refractivity contribution in [2.45, 2.75) is 30.8 Å². The van der Waals surface area contributed by atoms with Crippen LogP contribution < -0.4 is 10.5 Å². The number of rotatable bonds is 6. The number of aliphatic hydroxyl groups is 1. The van der Waals surface area contributed by atoms with E-state index in [2.05, 4.69) is 14.9 Å². The molecule has 1 unspecified atom stereocenters. The highest BCUT2D eigenvalue weighted by Crippen LogP contribution is 2.13. The van der Waals surface area contributed by atoms with E-state index in [1.54, 1.807) is 0 Å². The van der Waals surface area contributed by atoms with Crippen molar-refractivity contribution in [3.8, 4) is 0 Å². The largest absolute Gasteiger partial charge is 0.393 e. The van der Waals surface area contributed by atoms with Gasteiger partial charge in [-0.15, -0.1) is 0 Å². The maximum atomic E-state index is 11.7. The Morgan fingerprint density at radius 3 is 2.88 bits per heavy atom. The molecule has 1 aromatic rings. The molecule has 0 aliphatic rings. The molecule has 0 fully saturated rings. The van der Waals surface area contributed by atoms with E-state index in [-0.39, 0.29) is 17.3 Å². The molecule has 0 saturated carbocycles. The Hall–Kier alpha value is -1.12. The summed E-state index contributed by atoms with van der Waals surface area (Å²) in [5.41, 5.74) is 5.40. The van der Waals surface area contributed by atoms with Crippen LogP contribution in [0.5, 0.6) is 0 Å². The number of hydrogen-bond donors (Lipinski definition) is 4. The zero-order valence-electron chi connectivity index (χ0n) is 8.97. The zero-order valence-corrected chi connectivity index (χ0v) is 9.79. The number of hydrogen-bond acceptors (Lipinski definition) is 5. The molecular formula is C8H16N4O3S. The minimum atomic E-state index is -3.63. The Morgan fingerprint density at radius 1 is 1.69 bits per heavy atom. The third-order valence-corrected chi connectivity index (χ3v) is 3.65. The van der Waals surface area contributed by atoms with Crippen LogP contribution in [-0.2, 0) is 10.0 Å². The molecule has 0 saturated heterocycles. The van der Waals surface area contributed by atoms with Crippen molar-refractivity contribution in [2.24, 2.45) is 0 Å². The maximum absolute atomic E-state index is 11.7. The molecule has 0 radical (unpaired) electrons. The van der Waals surface area contributed by atoms with Gasteiger partial charge in [-0.25, -0.2) is 13.1 Å². The highest BCUT2D eigenvalue weighted by Gasteiger charge is 2.18. The van der Waals surface area contributed by atoms with E-state index in [1.165, 1.54) is 0 Å². The summed E-state index contributed by atoms with van der Waals surface area (Å²) in [5.74, 6) is 0.00328. The first-order chi connectivity index (χ1) is 7.47. The summed E-state index contributed by atoms with van der Waals surface area (Å²) in [6.07, 6.45) is 1.61. The van der Waals surface area contributed by atoms with Crippen molar-refractivity contribution in [2.75, 3.05) is 12.3 Å². The Bertz CT molecular complexity index is 428. The second kappa shape index (κ2) is 5.28. The van der Waals surface area contributed by atoms with Crippen LogP contribution in [0.25, 0.3) is 0 Å². The van der Waals surface area contributed by atoms with Crippen LogP contribution in [0.1, 0.15) is 19.8 Å². The Kier molecular flexibility index (Phi) is 4.27. The number of aliphatic hydroxyl groups excluding tert-OH is 1. The molecule has 7 nitrogen and oxygen atoms in total. The molecular weight excluding hydrogens is 232 g/mol. The molecule has 1 aromatic heterocycles. The predicted molar refractivity (Wildman–Crippen MR) is 59.1 cm³/mol. The first-order valence-electron chi connectivity index (χ1n) is 4.94. The van der Waals surface area contributed by atoms with E-state index in [1.807, 2.05) is 6.92 Å². The topological polar surface area (TPSA) is 121 Å². The summed E-state index contributed by atoms with van der Waals surface area (Å²) in [6, 6.07) is 0. The molecule has 8 heteroatoms. The molecule has 16 heavy (non-hydrogen) atoms. The quantitative estimate of drug-likeness (QED) is 0.537. The van der Waals surface area contributed by atoms with Gasteiger partial charge in [0, 0.05) is 6.54 Å². The lowest BCUT2D eigenvalue weighted by atomic mass is 10.2. The van der Waals surface area contributed by atoms with Gasteiger partial charge in [0.2, 0.25) is 10.0 Å². The molecule has 0 bridgehead atoms. The number of aromatic nitrogens is 2. The van der Waals surface area contributed by atoms with Gasteiger partial charge in [-0.1, -0.05) is 6.92 Å². The first-order valence-corrected chi connectivity index (χ1v) is 6.42. The number of sulfonamides is 1. The van der Waals surface area contributed by atoms with Gasteiger partial charge in [-0.2, -0.15) is 5.10 Å². The minimum Gasteiger partial charge on any atom is -0.393 e. The summed E-state index contributed by atoms with van der Waals surface area (Å²) in [4.78, 5) is -0.0708. The van der Waals surface area contributed by atoms with Crippen LogP contribution in [0.15, 0.2) is 11.1 Å². The van der Waals surface area contributed by atoms with Crippen LogP contribution >= 0.6 is 0 Å². The molecule has 0 aliphatic carbocycles. The monoisotopic (exact) mass is 248 g/mol. The molecule has 0 aliphatic heterocycles. The van der Waals surface area contributed by atoms with E-state index >= 15 is 0 Å². The van der Waals surface area contributed by atoms with E-state index in [9.17, 15) is 13.5 Å². The van der Waals surface area contributed by atoms with Gasteiger partial charge in [0.1, 0.15) is 10.7 Å². The molecule has 1 atom stereocenters. The van der Waals surface area contributed by atoms with Crippen molar-refractivity contribution in [1.82, 2.24) is 14.9 Å². The zero-order chi connectivity index (χ0) is 12.2. The first kappa shape index (κ1) is 12.9. The predicted octanol–water partition coefficient (Wildman–Crippen LogP) is -0.569. The van der Waals surface area contributed by atoms with Crippen LogP contribution in [0.2, 0.25) is 0 Å². The molecule has 0 spiro atoms. The fourth-order valence-corrected chi connectivity index (χ4v) is 2.21. The van der Waals surface area contributed by atoms with Gasteiger partial charge >= 0.3 is 0 Å². The van der Waals surface area contributed by atoms with Gasteiger partial charge in [0.25, 0.3) is 0 Å². The summed E-state index contributed by atoms with van der Waals surface area (Å²) < 4.78 is 25.6. The van der Waals surface area contributed by atoms with Crippen LogP contribution in [0, 0.1) is 0 Å². The Labute approximate surface area is 94.1 Å². The molecule has 0 aromatic carbocycles. The van der Waals surface area contributed by atoms with Crippen LogP contribution in [0.3, 0.4) is 0 Å². The fourth-order valence-electron chi connectivity index (χ4n) is 1.14.